The van der Waals surface area contributed by atoms with Crippen molar-refractivity contribution >= 4 is 15.9 Å². The van der Waals surface area contributed by atoms with Crippen molar-refractivity contribution < 1.29 is 4.39 Å². The molecule has 1 N–H and O–H groups in total. The fourth-order valence-electron chi connectivity index (χ4n) is 3.38. The lowest BCUT2D eigenvalue weighted by Gasteiger charge is -2.41. The van der Waals surface area contributed by atoms with E-state index in [1.54, 1.807) is 6.07 Å². The van der Waals surface area contributed by atoms with Crippen LogP contribution in [0, 0.1) is 11.7 Å². The Kier molecular flexibility index (Phi) is 4.97. The van der Waals surface area contributed by atoms with Crippen molar-refractivity contribution in [2.45, 2.75) is 51.2 Å². The predicted octanol–water partition coefficient (Wildman–Crippen LogP) is 3.94. The van der Waals surface area contributed by atoms with Gasteiger partial charge in [-0.05, 0) is 58.8 Å². The van der Waals surface area contributed by atoms with Crippen LogP contribution >= 0.6 is 15.9 Å². The van der Waals surface area contributed by atoms with E-state index in [1.807, 2.05) is 12.1 Å². The molecular formula is C17H24BrFN2. The first-order valence-electron chi connectivity index (χ1n) is 8.08. The van der Waals surface area contributed by atoms with Crippen LogP contribution in [-0.2, 0) is 6.54 Å². The lowest BCUT2D eigenvalue weighted by molar-refractivity contribution is 0.108. The molecule has 1 aromatic carbocycles. The van der Waals surface area contributed by atoms with Gasteiger partial charge in [0.05, 0.1) is 4.47 Å². The monoisotopic (exact) mass is 354 g/mol. The van der Waals surface area contributed by atoms with Gasteiger partial charge >= 0.3 is 0 Å². The zero-order valence-electron chi connectivity index (χ0n) is 12.6. The van der Waals surface area contributed by atoms with Gasteiger partial charge in [0.15, 0.2) is 0 Å². The fourth-order valence-corrected chi connectivity index (χ4v) is 3.81. The number of piperazine rings is 1. The van der Waals surface area contributed by atoms with Gasteiger partial charge in [0.2, 0.25) is 0 Å². The second-order valence-electron chi connectivity index (χ2n) is 6.47. The van der Waals surface area contributed by atoms with Crippen LogP contribution in [0.5, 0.6) is 0 Å². The van der Waals surface area contributed by atoms with Crippen LogP contribution in [0.4, 0.5) is 4.39 Å². The summed E-state index contributed by atoms with van der Waals surface area (Å²) in [5, 5.41) is 3.74. The van der Waals surface area contributed by atoms with Crippen LogP contribution in [0.25, 0.3) is 0 Å². The predicted molar refractivity (Wildman–Crippen MR) is 87.7 cm³/mol. The van der Waals surface area contributed by atoms with Gasteiger partial charge < -0.3 is 5.32 Å². The third-order valence-electron chi connectivity index (χ3n) is 4.75. The SMILES string of the molecule is CCCC1CNC(C2CC2)CN1Cc1ccc(F)c(Br)c1. The maximum absolute atomic E-state index is 13.4. The Morgan fingerprint density at radius 2 is 2.19 bits per heavy atom. The zero-order chi connectivity index (χ0) is 14.8. The molecular weight excluding hydrogens is 331 g/mol. The molecule has 3 rings (SSSR count). The smallest absolute Gasteiger partial charge is 0.137 e. The Morgan fingerprint density at radius 3 is 2.86 bits per heavy atom. The minimum atomic E-state index is -0.181. The summed E-state index contributed by atoms with van der Waals surface area (Å²) in [6, 6.07) is 6.66. The highest BCUT2D eigenvalue weighted by Gasteiger charge is 2.36. The Bertz CT molecular complexity index is 490. The molecule has 1 heterocycles. The second-order valence-corrected chi connectivity index (χ2v) is 7.33. The van der Waals surface area contributed by atoms with Crippen molar-refractivity contribution in [1.82, 2.24) is 10.2 Å². The van der Waals surface area contributed by atoms with Crippen LogP contribution in [0.1, 0.15) is 38.2 Å². The highest BCUT2D eigenvalue weighted by atomic mass is 79.9. The molecule has 0 spiro atoms. The average molecular weight is 355 g/mol. The van der Waals surface area contributed by atoms with Gasteiger partial charge in [-0.15, -0.1) is 0 Å². The summed E-state index contributed by atoms with van der Waals surface area (Å²) in [4.78, 5) is 2.60. The van der Waals surface area contributed by atoms with Gasteiger partial charge in [-0.1, -0.05) is 19.4 Å². The maximum atomic E-state index is 13.4. The van der Waals surface area contributed by atoms with E-state index in [1.165, 1.54) is 31.2 Å². The summed E-state index contributed by atoms with van der Waals surface area (Å²) in [5.41, 5.74) is 1.20. The van der Waals surface area contributed by atoms with Gasteiger partial charge in [0, 0.05) is 31.7 Å². The van der Waals surface area contributed by atoms with Gasteiger partial charge in [-0.25, -0.2) is 4.39 Å². The minimum Gasteiger partial charge on any atom is -0.311 e. The third kappa shape index (κ3) is 3.85. The molecule has 2 atom stereocenters. The summed E-state index contributed by atoms with van der Waals surface area (Å²) in [6.45, 7) is 5.40. The van der Waals surface area contributed by atoms with E-state index < -0.39 is 0 Å². The van der Waals surface area contributed by atoms with Crippen LogP contribution in [0.2, 0.25) is 0 Å². The second kappa shape index (κ2) is 6.76. The number of hydrogen-bond acceptors (Lipinski definition) is 2. The molecule has 4 heteroatoms. The van der Waals surface area contributed by atoms with Crippen molar-refractivity contribution in [3.8, 4) is 0 Å². The molecule has 2 unspecified atom stereocenters. The summed E-state index contributed by atoms with van der Waals surface area (Å²) < 4.78 is 14.0. The zero-order valence-corrected chi connectivity index (χ0v) is 14.2. The average Bonchev–Trinajstić information content (AvgIpc) is 3.30. The van der Waals surface area contributed by atoms with E-state index in [2.05, 4.69) is 33.1 Å². The number of hydrogen-bond donors (Lipinski definition) is 1. The molecule has 0 radical (unpaired) electrons. The molecule has 1 aliphatic carbocycles. The van der Waals surface area contributed by atoms with Crippen molar-refractivity contribution in [3.63, 3.8) is 0 Å². The van der Waals surface area contributed by atoms with Crippen LogP contribution in [-0.4, -0.2) is 30.1 Å². The van der Waals surface area contributed by atoms with Crippen LogP contribution < -0.4 is 5.32 Å². The molecule has 0 bridgehead atoms. The maximum Gasteiger partial charge on any atom is 0.137 e. The molecule has 1 aliphatic heterocycles. The molecule has 1 aromatic rings. The third-order valence-corrected chi connectivity index (χ3v) is 5.35. The van der Waals surface area contributed by atoms with Gasteiger partial charge in [-0.3, -0.25) is 4.90 Å². The van der Waals surface area contributed by atoms with Gasteiger partial charge in [-0.2, -0.15) is 0 Å². The Labute approximate surface area is 135 Å². The van der Waals surface area contributed by atoms with Crippen molar-refractivity contribution in [2.24, 2.45) is 5.92 Å². The van der Waals surface area contributed by atoms with Gasteiger partial charge in [0.25, 0.3) is 0 Å². The van der Waals surface area contributed by atoms with E-state index in [0.717, 1.165) is 25.6 Å². The van der Waals surface area contributed by atoms with E-state index in [0.29, 0.717) is 16.6 Å². The molecule has 1 saturated heterocycles. The molecule has 0 amide bonds. The molecule has 2 fully saturated rings. The first kappa shape index (κ1) is 15.4. The first-order valence-corrected chi connectivity index (χ1v) is 8.88. The van der Waals surface area contributed by atoms with Crippen molar-refractivity contribution in [1.29, 1.82) is 0 Å². The lowest BCUT2D eigenvalue weighted by Crippen LogP contribution is -2.56. The van der Waals surface area contributed by atoms with Gasteiger partial charge in [0.1, 0.15) is 5.82 Å². The molecule has 2 nitrogen and oxygen atoms in total. The molecule has 1 saturated carbocycles. The Hall–Kier alpha value is -0.450. The molecule has 2 aliphatic rings. The summed E-state index contributed by atoms with van der Waals surface area (Å²) >= 11 is 3.30. The standard InChI is InChI=1S/C17H24BrFN2/c1-2-3-14-9-20-17(13-5-6-13)11-21(14)10-12-4-7-16(19)15(18)8-12/h4,7-8,13-14,17,20H,2-3,5-6,9-11H2,1H3. The normalized spacial score (nSPS) is 27.0. The topological polar surface area (TPSA) is 15.3 Å². The van der Waals surface area contributed by atoms with Crippen LogP contribution in [0.15, 0.2) is 22.7 Å². The summed E-state index contributed by atoms with van der Waals surface area (Å²) in [7, 11) is 0. The highest BCUT2D eigenvalue weighted by Crippen LogP contribution is 2.35. The molecule has 116 valence electrons. The lowest BCUT2D eigenvalue weighted by atomic mass is 10.0. The number of benzene rings is 1. The summed E-state index contributed by atoms with van der Waals surface area (Å²) in [5.74, 6) is 0.704. The molecule has 21 heavy (non-hydrogen) atoms. The van der Waals surface area contributed by atoms with Crippen LogP contribution in [0.3, 0.4) is 0 Å². The first-order chi connectivity index (χ1) is 10.2. The van der Waals surface area contributed by atoms with E-state index in [-0.39, 0.29) is 5.82 Å². The quantitative estimate of drug-likeness (QED) is 0.861. The van der Waals surface area contributed by atoms with Crippen molar-refractivity contribution in [3.05, 3.63) is 34.1 Å². The van der Waals surface area contributed by atoms with E-state index >= 15 is 0 Å². The fraction of sp³-hybridized carbons (Fsp3) is 0.647. The van der Waals surface area contributed by atoms with Crippen molar-refractivity contribution in [2.75, 3.05) is 13.1 Å². The number of nitrogens with zero attached hydrogens (tertiary/aromatic N) is 1. The minimum absolute atomic E-state index is 0.181. The number of rotatable bonds is 5. The highest BCUT2D eigenvalue weighted by molar-refractivity contribution is 9.10. The molecule has 0 aromatic heterocycles. The number of halogens is 2. The summed E-state index contributed by atoms with van der Waals surface area (Å²) in [6.07, 6.45) is 5.20. The van der Waals surface area contributed by atoms with E-state index in [9.17, 15) is 4.39 Å². The van der Waals surface area contributed by atoms with E-state index in [4.69, 9.17) is 0 Å². The largest absolute Gasteiger partial charge is 0.311 e. The Morgan fingerprint density at radius 1 is 1.38 bits per heavy atom. The Balaban J connectivity index is 1.69. The number of nitrogens with one attached hydrogen (secondary N) is 1.